The minimum Gasteiger partial charge on any atom is -0.361 e. The number of ether oxygens (including phenoxy) is 1. The maximum absolute atomic E-state index is 11.2. The van der Waals surface area contributed by atoms with Gasteiger partial charge in [-0.2, -0.15) is 0 Å². The molecule has 0 aliphatic heterocycles. The Hall–Kier alpha value is -1.36. The van der Waals surface area contributed by atoms with Gasteiger partial charge in [-0.25, -0.2) is 4.79 Å². The van der Waals surface area contributed by atoms with Gasteiger partial charge in [0.1, 0.15) is 6.23 Å². The second-order valence-corrected chi connectivity index (χ2v) is 2.62. The highest BCUT2D eigenvalue weighted by atomic mass is 16.5. The van der Waals surface area contributed by atoms with E-state index in [1.807, 2.05) is 6.92 Å². The summed E-state index contributed by atoms with van der Waals surface area (Å²) in [5.41, 5.74) is -0.839. The highest BCUT2D eigenvalue weighted by Gasteiger charge is 2.07. The van der Waals surface area contributed by atoms with Crippen molar-refractivity contribution in [3.8, 4) is 0 Å². The number of methoxy groups -OCH3 is 1. The van der Waals surface area contributed by atoms with Crippen LogP contribution in [0.2, 0.25) is 0 Å². The Morgan fingerprint density at radius 3 is 2.77 bits per heavy atom. The summed E-state index contributed by atoms with van der Waals surface area (Å²) in [6.07, 6.45) is 1.78. The van der Waals surface area contributed by atoms with Crippen molar-refractivity contribution in [2.45, 2.75) is 19.6 Å². The third-order valence-electron chi connectivity index (χ3n) is 1.78. The van der Waals surface area contributed by atoms with Gasteiger partial charge in [0.25, 0.3) is 5.56 Å². The van der Waals surface area contributed by atoms with E-state index in [0.29, 0.717) is 6.42 Å². The Morgan fingerprint density at radius 1 is 1.62 bits per heavy atom. The van der Waals surface area contributed by atoms with E-state index in [0.717, 1.165) is 0 Å². The van der Waals surface area contributed by atoms with Crippen LogP contribution in [0, 0.1) is 0 Å². The maximum atomic E-state index is 11.2. The van der Waals surface area contributed by atoms with Crippen molar-refractivity contribution in [3.05, 3.63) is 33.1 Å². The van der Waals surface area contributed by atoms with E-state index in [1.54, 1.807) is 0 Å². The first-order valence-corrected chi connectivity index (χ1v) is 4.03. The quantitative estimate of drug-likeness (QED) is 0.724. The molecular formula is C8H12N2O3. The van der Waals surface area contributed by atoms with E-state index in [4.69, 9.17) is 4.74 Å². The van der Waals surface area contributed by atoms with Crippen LogP contribution in [-0.4, -0.2) is 16.7 Å². The van der Waals surface area contributed by atoms with Gasteiger partial charge in [-0.05, 0) is 6.42 Å². The molecule has 0 fully saturated rings. The van der Waals surface area contributed by atoms with Gasteiger partial charge in [-0.15, -0.1) is 0 Å². The predicted octanol–water partition coefficient (Wildman–Crippen LogP) is 0.0916. The number of aromatic nitrogens is 2. The zero-order chi connectivity index (χ0) is 9.84. The van der Waals surface area contributed by atoms with Crippen LogP contribution in [0.5, 0.6) is 0 Å². The van der Waals surface area contributed by atoms with Crippen molar-refractivity contribution in [2.75, 3.05) is 7.11 Å². The number of hydrogen-bond donors (Lipinski definition) is 1. The first kappa shape index (κ1) is 9.73. The largest absolute Gasteiger partial charge is 0.361 e. The van der Waals surface area contributed by atoms with Crippen LogP contribution in [0.3, 0.4) is 0 Å². The average Bonchev–Trinajstić information content (AvgIpc) is 2.10. The number of hydrogen-bond acceptors (Lipinski definition) is 3. The monoisotopic (exact) mass is 184 g/mol. The summed E-state index contributed by atoms with van der Waals surface area (Å²) in [5.74, 6) is 0. The minimum atomic E-state index is -0.443. The van der Waals surface area contributed by atoms with Crippen molar-refractivity contribution in [1.82, 2.24) is 9.55 Å². The Balaban J connectivity index is 3.14. The Labute approximate surface area is 75.0 Å². The van der Waals surface area contributed by atoms with Crippen molar-refractivity contribution in [2.24, 2.45) is 0 Å². The van der Waals surface area contributed by atoms with Gasteiger partial charge in [0.15, 0.2) is 0 Å². The fraction of sp³-hybridized carbons (Fsp3) is 0.500. The molecule has 0 aromatic carbocycles. The molecule has 0 spiro atoms. The molecule has 1 unspecified atom stereocenters. The van der Waals surface area contributed by atoms with E-state index in [9.17, 15) is 9.59 Å². The van der Waals surface area contributed by atoms with E-state index in [1.165, 1.54) is 23.9 Å². The zero-order valence-corrected chi connectivity index (χ0v) is 7.61. The molecule has 1 rings (SSSR count). The fourth-order valence-corrected chi connectivity index (χ4v) is 1.13. The van der Waals surface area contributed by atoms with Crippen molar-refractivity contribution in [3.63, 3.8) is 0 Å². The molecule has 0 aliphatic carbocycles. The normalized spacial score (nSPS) is 12.8. The predicted molar refractivity (Wildman–Crippen MR) is 47.7 cm³/mol. The van der Waals surface area contributed by atoms with Gasteiger partial charge in [0.05, 0.1) is 0 Å². The lowest BCUT2D eigenvalue weighted by Crippen LogP contribution is -2.31. The molecule has 5 nitrogen and oxygen atoms in total. The van der Waals surface area contributed by atoms with Gasteiger partial charge >= 0.3 is 5.69 Å². The lowest BCUT2D eigenvalue weighted by Gasteiger charge is -2.14. The summed E-state index contributed by atoms with van der Waals surface area (Å²) in [6, 6.07) is 1.29. The fourth-order valence-electron chi connectivity index (χ4n) is 1.13. The molecule has 0 radical (unpaired) electrons. The molecular weight excluding hydrogens is 172 g/mol. The Kier molecular flexibility index (Phi) is 3.02. The lowest BCUT2D eigenvalue weighted by atomic mass is 10.4. The second kappa shape index (κ2) is 4.04. The molecule has 0 saturated carbocycles. The molecule has 5 heteroatoms. The van der Waals surface area contributed by atoms with E-state index in [-0.39, 0.29) is 6.23 Å². The van der Waals surface area contributed by atoms with Gasteiger partial charge in [0, 0.05) is 19.4 Å². The van der Waals surface area contributed by atoms with Crippen LogP contribution in [0.4, 0.5) is 0 Å². The molecule has 1 N–H and O–H groups in total. The summed E-state index contributed by atoms with van der Waals surface area (Å²) in [7, 11) is 1.52. The third-order valence-corrected chi connectivity index (χ3v) is 1.78. The molecule has 0 amide bonds. The van der Waals surface area contributed by atoms with Gasteiger partial charge in [-0.3, -0.25) is 14.3 Å². The van der Waals surface area contributed by atoms with E-state index >= 15 is 0 Å². The number of nitrogens with zero attached hydrogens (tertiary/aromatic N) is 1. The van der Waals surface area contributed by atoms with Crippen LogP contribution >= 0.6 is 0 Å². The van der Waals surface area contributed by atoms with Crippen molar-refractivity contribution < 1.29 is 4.74 Å². The zero-order valence-electron chi connectivity index (χ0n) is 7.61. The molecule has 1 atom stereocenters. The third kappa shape index (κ3) is 2.06. The average molecular weight is 184 g/mol. The first-order valence-electron chi connectivity index (χ1n) is 4.03. The van der Waals surface area contributed by atoms with Gasteiger partial charge < -0.3 is 4.74 Å². The van der Waals surface area contributed by atoms with E-state index in [2.05, 4.69) is 4.98 Å². The number of rotatable bonds is 3. The number of aromatic amines is 1. The molecule has 1 aromatic heterocycles. The summed E-state index contributed by atoms with van der Waals surface area (Å²) in [4.78, 5) is 24.1. The standard InChI is InChI=1S/C8H12N2O3/c1-3-7(13-2)10-5-4-6(11)9-8(10)12/h4-5,7H,3H2,1-2H3,(H,9,11,12). The highest BCUT2D eigenvalue weighted by Crippen LogP contribution is 2.06. The van der Waals surface area contributed by atoms with Gasteiger partial charge in [0.2, 0.25) is 0 Å². The second-order valence-electron chi connectivity index (χ2n) is 2.62. The molecule has 1 aromatic rings. The lowest BCUT2D eigenvalue weighted by molar-refractivity contribution is 0.0370. The summed E-state index contributed by atoms with van der Waals surface area (Å²) in [5, 5.41) is 0. The van der Waals surface area contributed by atoms with Crippen LogP contribution in [-0.2, 0) is 4.74 Å². The summed E-state index contributed by atoms with van der Waals surface area (Å²) < 4.78 is 6.40. The number of nitrogens with one attached hydrogen (secondary N) is 1. The topological polar surface area (TPSA) is 64.1 Å². The van der Waals surface area contributed by atoms with Crippen LogP contribution in [0.1, 0.15) is 19.6 Å². The smallest absolute Gasteiger partial charge is 0.330 e. The van der Waals surface area contributed by atoms with Crippen LogP contribution < -0.4 is 11.2 Å². The number of H-pyrrole nitrogens is 1. The summed E-state index contributed by atoms with van der Waals surface area (Å²) >= 11 is 0. The van der Waals surface area contributed by atoms with Crippen molar-refractivity contribution >= 4 is 0 Å². The molecule has 13 heavy (non-hydrogen) atoms. The van der Waals surface area contributed by atoms with Crippen molar-refractivity contribution in [1.29, 1.82) is 0 Å². The molecule has 1 heterocycles. The highest BCUT2D eigenvalue weighted by molar-refractivity contribution is 4.83. The molecule has 0 aliphatic rings. The SMILES string of the molecule is CCC(OC)n1ccc(=O)[nH]c1=O. The van der Waals surface area contributed by atoms with E-state index < -0.39 is 11.2 Å². The molecule has 0 bridgehead atoms. The Bertz CT molecular complexity index is 375. The minimum absolute atomic E-state index is 0.315. The Morgan fingerprint density at radius 2 is 2.31 bits per heavy atom. The maximum Gasteiger partial charge on any atom is 0.330 e. The van der Waals surface area contributed by atoms with Crippen LogP contribution in [0.25, 0.3) is 0 Å². The van der Waals surface area contributed by atoms with Gasteiger partial charge in [-0.1, -0.05) is 6.92 Å². The summed E-state index contributed by atoms with van der Waals surface area (Å²) in [6.45, 7) is 1.89. The van der Waals surface area contributed by atoms with Crippen LogP contribution in [0.15, 0.2) is 21.9 Å². The first-order chi connectivity index (χ1) is 6.19. The molecule has 0 saturated heterocycles. The molecule has 72 valence electrons.